The fraction of sp³-hybridized carbons (Fsp3) is 0.385. The van der Waals surface area contributed by atoms with E-state index in [0.717, 1.165) is 30.2 Å². The second kappa shape index (κ2) is 11.0. The maximum atomic E-state index is 13.5. The molecule has 3 aromatic rings. The molecule has 7 nitrogen and oxygen atoms in total. The molecule has 0 amide bonds. The number of hydrogen-bond acceptors (Lipinski definition) is 6. The van der Waals surface area contributed by atoms with Crippen LogP contribution in [-0.2, 0) is 9.53 Å². The van der Waals surface area contributed by atoms with Crippen molar-refractivity contribution in [2.24, 2.45) is 5.10 Å². The molecule has 34 heavy (non-hydrogen) atoms. The number of halogens is 1. The summed E-state index contributed by atoms with van der Waals surface area (Å²) in [7, 11) is 0. The molecule has 0 spiro atoms. The van der Waals surface area contributed by atoms with E-state index in [4.69, 9.17) is 14.5 Å². The molecule has 0 saturated heterocycles. The maximum absolute atomic E-state index is 13.5. The lowest BCUT2D eigenvalue weighted by Crippen LogP contribution is -2.26. The van der Waals surface area contributed by atoms with Crippen LogP contribution in [0.25, 0.3) is 10.9 Å². The minimum Gasteiger partial charge on any atom is -0.478 e. The molecule has 4 rings (SSSR count). The molecule has 0 bridgehead atoms. The Labute approximate surface area is 206 Å². The lowest BCUT2D eigenvalue weighted by Gasteiger charge is -2.22. The fourth-order valence-electron chi connectivity index (χ4n) is 4.22. The van der Waals surface area contributed by atoms with Crippen LogP contribution in [0.15, 0.2) is 56.8 Å². The van der Waals surface area contributed by atoms with Crippen LogP contribution >= 0.6 is 15.9 Å². The Bertz CT molecular complexity index is 1260. The van der Waals surface area contributed by atoms with Gasteiger partial charge in [0.05, 0.1) is 23.7 Å². The van der Waals surface area contributed by atoms with E-state index >= 15 is 0 Å². The van der Waals surface area contributed by atoms with Gasteiger partial charge in [0.25, 0.3) is 5.56 Å². The highest BCUT2D eigenvalue weighted by Crippen LogP contribution is 2.32. The standard InChI is InChI=1S/C26H28BrN3O4/c1-3-33-26(32)17(2)34-23-12-8-7-11-19(23)16-28-30-24(18-9-5-4-6-10-18)29-22-14-13-20(27)15-21(22)25(30)31/h7-8,11-18H,3-6,9-10H2,1-2H3/t17-/m1/s1. The molecule has 1 aliphatic rings. The minimum absolute atomic E-state index is 0.182. The van der Waals surface area contributed by atoms with Crippen LogP contribution in [-0.4, -0.2) is 34.6 Å². The highest BCUT2D eigenvalue weighted by Gasteiger charge is 2.23. The van der Waals surface area contributed by atoms with Gasteiger partial charge in [0, 0.05) is 16.0 Å². The van der Waals surface area contributed by atoms with Crippen LogP contribution in [0.4, 0.5) is 0 Å². The molecule has 2 aromatic carbocycles. The van der Waals surface area contributed by atoms with Crippen LogP contribution in [0.3, 0.4) is 0 Å². The number of para-hydroxylation sites is 1. The van der Waals surface area contributed by atoms with E-state index in [2.05, 4.69) is 21.0 Å². The average Bonchev–Trinajstić information content (AvgIpc) is 2.85. The zero-order valence-corrected chi connectivity index (χ0v) is 21.0. The highest BCUT2D eigenvalue weighted by molar-refractivity contribution is 9.10. The van der Waals surface area contributed by atoms with Gasteiger partial charge in [-0.3, -0.25) is 4.79 Å². The summed E-state index contributed by atoms with van der Waals surface area (Å²) in [6, 6.07) is 12.8. The van der Waals surface area contributed by atoms with Crippen molar-refractivity contribution in [1.29, 1.82) is 0 Å². The molecule has 1 aromatic heterocycles. The third kappa shape index (κ3) is 5.38. The van der Waals surface area contributed by atoms with Crippen molar-refractivity contribution >= 4 is 39.0 Å². The number of rotatable bonds is 7. The molecule has 0 radical (unpaired) electrons. The van der Waals surface area contributed by atoms with Gasteiger partial charge in [-0.05, 0) is 57.0 Å². The maximum Gasteiger partial charge on any atom is 0.347 e. The van der Waals surface area contributed by atoms with Crippen molar-refractivity contribution in [3.05, 3.63) is 68.7 Å². The van der Waals surface area contributed by atoms with Gasteiger partial charge in [0.15, 0.2) is 6.10 Å². The third-order valence-corrected chi connectivity index (χ3v) is 6.45. The van der Waals surface area contributed by atoms with Crippen LogP contribution < -0.4 is 10.3 Å². The molecular weight excluding hydrogens is 498 g/mol. The summed E-state index contributed by atoms with van der Waals surface area (Å²) in [5, 5.41) is 5.09. The molecule has 178 valence electrons. The largest absolute Gasteiger partial charge is 0.478 e. The monoisotopic (exact) mass is 525 g/mol. The number of benzene rings is 2. The normalized spacial score (nSPS) is 15.5. The van der Waals surface area contributed by atoms with E-state index in [0.29, 0.717) is 28.0 Å². The third-order valence-electron chi connectivity index (χ3n) is 5.96. The van der Waals surface area contributed by atoms with Crippen molar-refractivity contribution in [1.82, 2.24) is 9.66 Å². The molecular formula is C26H28BrN3O4. The summed E-state index contributed by atoms with van der Waals surface area (Å²) < 4.78 is 13.1. The number of hydrogen-bond donors (Lipinski definition) is 0. The van der Waals surface area contributed by atoms with Gasteiger partial charge >= 0.3 is 5.97 Å². The van der Waals surface area contributed by atoms with Gasteiger partial charge < -0.3 is 9.47 Å². The Morgan fingerprint density at radius 3 is 2.76 bits per heavy atom. The minimum atomic E-state index is -0.769. The first-order valence-corrected chi connectivity index (χ1v) is 12.5. The number of esters is 1. The van der Waals surface area contributed by atoms with Crippen molar-refractivity contribution in [3.8, 4) is 5.75 Å². The Morgan fingerprint density at radius 1 is 1.24 bits per heavy atom. The zero-order valence-electron chi connectivity index (χ0n) is 19.4. The summed E-state index contributed by atoms with van der Waals surface area (Å²) >= 11 is 3.45. The summed E-state index contributed by atoms with van der Waals surface area (Å²) in [5.74, 6) is 0.918. The lowest BCUT2D eigenvalue weighted by atomic mass is 9.88. The molecule has 0 unspecified atom stereocenters. The quantitative estimate of drug-likeness (QED) is 0.303. The molecule has 1 atom stereocenters. The van der Waals surface area contributed by atoms with Crippen LogP contribution in [0.5, 0.6) is 5.75 Å². The smallest absolute Gasteiger partial charge is 0.347 e. The van der Waals surface area contributed by atoms with Crippen molar-refractivity contribution < 1.29 is 14.3 Å². The highest BCUT2D eigenvalue weighted by atomic mass is 79.9. The van der Waals surface area contributed by atoms with Gasteiger partial charge in [-0.25, -0.2) is 9.78 Å². The number of carbonyl (C=O) groups excluding carboxylic acids is 1. The van der Waals surface area contributed by atoms with E-state index < -0.39 is 12.1 Å². The van der Waals surface area contributed by atoms with E-state index in [-0.39, 0.29) is 18.1 Å². The second-order valence-electron chi connectivity index (χ2n) is 8.38. The number of carbonyl (C=O) groups is 1. The number of aromatic nitrogens is 2. The number of fused-ring (bicyclic) bond motifs is 1. The second-order valence-corrected chi connectivity index (χ2v) is 9.29. The first-order valence-electron chi connectivity index (χ1n) is 11.7. The lowest BCUT2D eigenvalue weighted by molar-refractivity contribution is -0.150. The van der Waals surface area contributed by atoms with Gasteiger partial charge in [0.2, 0.25) is 0 Å². The van der Waals surface area contributed by atoms with Crippen molar-refractivity contribution in [2.45, 2.75) is 58.0 Å². The summed E-state index contributed by atoms with van der Waals surface area (Å²) in [5.41, 5.74) is 1.11. The molecule has 0 N–H and O–H groups in total. The summed E-state index contributed by atoms with van der Waals surface area (Å²) in [4.78, 5) is 30.4. The van der Waals surface area contributed by atoms with Crippen LogP contribution in [0.2, 0.25) is 0 Å². The molecule has 1 saturated carbocycles. The number of ether oxygens (including phenoxy) is 2. The topological polar surface area (TPSA) is 82.8 Å². The van der Waals surface area contributed by atoms with Gasteiger partial charge in [-0.1, -0.05) is 47.3 Å². The molecule has 1 fully saturated rings. The van der Waals surface area contributed by atoms with Gasteiger partial charge in [-0.2, -0.15) is 9.78 Å². The van der Waals surface area contributed by atoms with Gasteiger partial charge in [-0.15, -0.1) is 0 Å². The van der Waals surface area contributed by atoms with Crippen LogP contribution in [0, 0.1) is 0 Å². The van der Waals surface area contributed by atoms with E-state index in [9.17, 15) is 9.59 Å². The van der Waals surface area contributed by atoms with E-state index in [1.807, 2.05) is 30.3 Å². The summed E-state index contributed by atoms with van der Waals surface area (Å²) in [6.45, 7) is 3.68. The summed E-state index contributed by atoms with van der Waals surface area (Å²) in [6.07, 6.45) is 6.23. The molecule has 1 heterocycles. The van der Waals surface area contributed by atoms with Crippen molar-refractivity contribution in [2.75, 3.05) is 6.61 Å². The average molecular weight is 526 g/mol. The Morgan fingerprint density at radius 2 is 2.00 bits per heavy atom. The van der Waals surface area contributed by atoms with Crippen LogP contribution in [0.1, 0.15) is 63.3 Å². The van der Waals surface area contributed by atoms with E-state index in [1.165, 1.54) is 11.1 Å². The van der Waals surface area contributed by atoms with E-state index in [1.54, 1.807) is 32.2 Å². The predicted molar refractivity (Wildman–Crippen MR) is 136 cm³/mol. The Kier molecular flexibility index (Phi) is 7.77. The zero-order chi connectivity index (χ0) is 24.1. The predicted octanol–water partition coefficient (Wildman–Crippen LogP) is 5.42. The molecule has 8 heteroatoms. The SMILES string of the molecule is CCOC(=O)[C@@H](C)Oc1ccccc1C=Nn1c(C2CCCCC2)nc2ccc(Br)cc2c1=O. The Hall–Kier alpha value is -3.00. The Balaban J connectivity index is 1.74. The molecule has 1 aliphatic carbocycles. The van der Waals surface area contributed by atoms with Gasteiger partial charge in [0.1, 0.15) is 11.6 Å². The molecule has 0 aliphatic heterocycles. The number of nitrogens with zero attached hydrogens (tertiary/aromatic N) is 3. The first kappa shape index (κ1) is 24.1. The fourth-order valence-corrected chi connectivity index (χ4v) is 4.58. The first-order chi connectivity index (χ1) is 16.5. The van der Waals surface area contributed by atoms with Crippen molar-refractivity contribution in [3.63, 3.8) is 0 Å².